The van der Waals surface area contributed by atoms with Crippen LogP contribution in [0.4, 0.5) is 5.69 Å². The summed E-state index contributed by atoms with van der Waals surface area (Å²) in [7, 11) is -4.09. The molecular weight excluding hydrogens is 365 g/mol. The largest absolute Gasteiger partial charge is 0.379 e. The van der Waals surface area contributed by atoms with Gasteiger partial charge in [-0.1, -0.05) is 40.9 Å². The minimum Gasteiger partial charge on any atom is -0.379 e. The first-order valence-electron chi connectivity index (χ1n) is 6.28. The number of aryl methyl sites for hydroxylation is 1. The van der Waals surface area contributed by atoms with E-state index in [1.807, 2.05) is 6.92 Å². The summed E-state index contributed by atoms with van der Waals surface area (Å²) in [5.41, 5.74) is 0.522. The minimum absolute atomic E-state index is 0.0533. The molecule has 0 heterocycles. The Hall–Kier alpha value is -1.83. The van der Waals surface area contributed by atoms with E-state index in [0.29, 0.717) is 0 Å². The van der Waals surface area contributed by atoms with Gasteiger partial charge >= 0.3 is 10.1 Å². The van der Waals surface area contributed by atoms with Crippen molar-refractivity contribution in [3.63, 3.8) is 0 Å². The maximum atomic E-state index is 12.2. The molecule has 0 unspecified atom stereocenters. The summed E-state index contributed by atoms with van der Waals surface area (Å²) in [6.07, 6.45) is 0. The fourth-order valence-corrected chi connectivity index (χ4v) is 3.09. The smallest absolute Gasteiger partial charge is 0.339 e. The Morgan fingerprint density at radius 1 is 1.13 bits per heavy atom. The highest BCUT2D eigenvalue weighted by Gasteiger charge is 2.23. The van der Waals surface area contributed by atoms with Crippen molar-refractivity contribution < 1.29 is 17.5 Å². The van der Waals surface area contributed by atoms with Crippen molar-refractivity contribution in [1.82, 2.24) is 0 Å². The van der Waals surface area contributed by atoms with Crippen LogP contribution in [0.5, 0.6) is 5.75 Å². The number of rotatable bonds is 5. The van der Waals surface area contributed by atoms with E-state index < -0.39 is 25.6 Å². The molecule has 0 amide bonds. The van der Waals surface area contributed by atoms with Crippen molar-refractivity contribution in [3.8, 4) is 5.75 Å². The number of hydrogen-bond donors (Lipinski definition) is 0. The fourth-order valence-electron chi connectivity index (χ4n) is 1.80. The van der Waals surface area contributed by atoms with Crippen LogP contribution in [0.15, 0.2) is 47.4 Å². The first-order chi connectivity index (χ1) is 10.7. The summed E-state index contributed by atoms with van der Waals surface area (Å²) in [6, 6.07) is 9.50. The van der Waals surface area contributed by atoms with E-state index in [-0.39, 0.29) is 16.2 Å². The van der Waals surface area contributed by atoms with Crippen LogP contribution < -0.4 is 4.18 Å². The van der Waals surface area contributed by atoms with Crippen LogP contribution in [0.1, 0.15) is 16.0 Å². The first-order valence-corrected chi connectivity index (χ1v) is 8.56. The maximum absolute atomic E-state index is 12.2. The molecule has 0 saturated carbocycles. The second kappa shape index (κ2) is 6.74. The zero-order valence-electron chi connectivity index (χ0n) is 11.8. The Balaban J connectivity index is 2.38. The van der Waals surface area contributed by atoms with Gasteiger partial charge in [-0.05, 0) is 31.2 Å². The predicted molar refractivity (Wildman–Crippen MR) is 86.5 cm³/mol. The zero-order chi connectivity index (χ0) is 17.2. The van der Waals surface area contributed by atoms with Crippen LogP contribution in [0, 0.1) is 17.0 Å². The summed E-state index contributed by atoms with van der Waals surface area (Å²) >= 11 is 11.3. The molecule has 23 heavy (non-hydrogen) atoms. The monoisotopic (exact) mass is 375 g/mol. The molecule has 0 fully saturated rings. The molecule has 122 valence electrons. The SMILES string of the molecule is Cc1ccc(S(=O)(=O)Oc2ccc(C(Cl)Cl)c([N+](=O)[O-])c2)cc1. The molecule has 0 spiro atoms. The van der Waals surface area contributed by atoms with Crippen LogP contribution in [-0.2, 0) is 10.1 Å². The Bertz CT molecular complexity index is 835. The molecule has 0 bridgehead atoms. The lowest BCUT2D eigenvalue weighted by Gasteiger charge is -2.09. The molecule has 0 aromatic heterocycles. The predicted octanol–water partition coefficient (Wildman–Crippen LogP) is 4.15. The lowest BCUT2D eigenvalue weighted by Crippen LogP contribution is -2.10. The van der Waals surface area contributed by atoms with E-state index in [9.17, 15) is 18.5 Å². The molecular formula is C14H11Cl2NO5S. The highest BCUT2D eigenvalue weighted by atomic mass is 35.5. The third kappa shape index (κ3) is 4.13. The van der Waals surface area contributed by atoms with Crippen LogP contribution in [-0.4, -0.2) is 13.3 Å². The summed E-state index contributed by atoms with van der Waals surface area (Å²) in [5.74, 6) is -0.199. The normalized spacial score (nSPS) is 11.5. The van der Waals surface area contributed by atoms with Crippen molar-refractivity contribution in [1.29, 1.82) is 0 Å². The molecule has 0 radical (unpaired) electrons. The van der Waals surface area contributed by atoms with E-state index in [1.54, 1.807) is 12.1 Å². The Morgan fingerprint density at radius 2 is 1.74 bits per heavy atom. The van der Waals surface area contributed by atoms with E-state index in [1.165, 1.54) is 24.3 Å². The molecule has 2 aromatic rings. The lowest BCUT2D eigenvalue weighted by atomic mass is 10.2. The van der Waals surface area contributed by atoms with E-state index in [0.717, 1.165) is 11.6 Å². The number of nitro benzene ring substituents is 1. The third-order valence-electron chi connectivity index (χ3n) is 2.95. The molecule has 2 rings (SSSR count). The number of nitrogens with zero attached hydrogens (tertiary/aromatic N) is 1. The van der Waals surface area contributed by atoms with Crippen molar-refractivity contribution >= 4 is 39.0 Å². The first kappa shape index (κ1) is 17.5. The molecule has 9 heteroatoms. The molecule has 0 N–H and O–H groups in total. The van der Waals surface area contributed by atoms with Crippen LogP contribution >= 0.6 is 23.2 Å². The van der Waals surface area contributed by atoms with E-state index in [2.05, 4.69) is 0 Å². The zero-order valence-corrected chi connectivity index (χ0v) is 14.1. The number of halogens is 2. The van der Waals surface area contributed by atoms with Gasteiger partial charge in [0.25, 0.3) is 5.69 Å². The fraction of sp³-hybridized carbons (Fsp3) is 0.143. The molecule has 2 aromatic carbocycles. The summed E-state index contributed by atoms with van der Waals surface area (Å²) in [5, 5.41) is 11.0. The Morgan fingerprint density at radius 3 is 2.26 bits per heavy atom. The average Bonchev–Trinajstić information content (AvgIpc) is 2.46. The summed E-state index contributed by atoms with van der Waals surface area (Å²) in [6.45, 7) is 1.81. The summed E-state index contributed by atoms with van der Waals surface area (Å²) in [4.78, 5) is 9.16. The maximum Gasteiger partial charge on any atom is 0.339 e. The summed E-state index contributed by atoms with van der Waals surface area (Å²) < 4.78 is 29.3. The molecule has 0 aliphatic heterocycles. The van der Waals surface area contributed by atoms with Gasteiger partial charge in [-0.15, -0.1) is 0 Å². The molecule has 0 atom stereocenters. The highest BCUT2D eigenvalue weighted by molar-refractivity contribution is 7.87. The lowest BCUT2D eigenvalue weighted by molar-refractivity contribution is -0.385. The van der Waals surface area contributed by atoms with Gasteiger partial charge in [0.2, 0.25) is 0 Å². The van der Waals surface area contributed by atoms with Crippen molar-refractivity contribution in [2.45, 2.75) is 16.7 Å². The molecule has 0 aliphatic carbocycles. The highest BCUT2D eigenvalue weighted by Crippen LogP contribution is 2.35. The molecule has 6 nitrogen and oxygen atoms in total. The van der Waals surface area contributed by atoms with Gasteiger partial charge in [-0.25, -0.2) is 0 Å². The molecule has 0 saturated heterocycles. The quantitative estimate of drug-likeness (QED) is 0.339. The van der Waals surface area contributed by atoms with Crippen molar-refractivity contribution in [2.24, 2.45) is 0 Å². The standard InChI is InChI=1S/C14H11Cl2NO5S/c1-9-2-5-11(6-3-9)23(20,21)22-10-4-7-12(14(15)16)13(8-10)17(18)19/h2-8,14H,1H3. The second-order valence-electron chi connectivity index (χ2n) is 4.63. The van der Waals surface area contributed by atoms with Gasteiger partial charge in [-0.2, -0.15) is 8.42 Å². The number of alkyl halides is 2. The van der Waals surface area contributed by atoms with Gasteiger partial charge in [0.15, 0.2) is 0 Å². The van der Waals surface area contributed by atoms with Gasteiger partial charge < -0.3 is 4.18 Å². The second-order valence-corrected chi connectivity index (χ2v) is 7.27. The van der Waals surface area contributed by atoms with Crippen LogP contribution in [0.3, 0.4) is 0 Å². The van der Waals surface area contributed by atoms with Crippen LogP contribution in [0.25, 0.3) is 0 Å². The number of hydrogen-bond acceptors (Lipinski definition) is 5. The van der Waals surface area contributed by atoms with Crippen molar-refractivity contribution in [3.05, 3.63) is 63.7 Å². The van der Waals surface area contributed by atoms with Gasteiger partial charge in [0.05, 0.1) is 16.6 Å². The van der Waals surface area contributed by atoms with Gasteiger partial charge in [0.1, 0.15) is 15.5 Å². The van der Waals surface area contributed by atoms with Gasteiger partial charge in [-0.3, -0.25) is 10.1 Å². The minimum atomic E-state index is -4.09. The average molecular weight is 376 g/mol. The van der Waals surface area contributed by atoms with E-state index in [4.69, 9.17) is 27.4 Å². The Kier molecular flexibility index (Phi) is 5.13. The number of benzene rings is 2. The third-order valence-corrected chi connectivity index (χ3v) is 4.68. The van der Waals surface area contributed by atoms with Crippen molar-refractivity contribution in [2.75, 3.05) is 0 Å². The molecule has 0 aliphatic rings. The van der Waals surface area contributed by atoms with Gasteiger partial charge in [0, 0.05) is 0 Å². The topological polar surface area (TPSA) is 86.5 Å². The number of nitro groups is 1. The van der Waals surface area contributed by atoms with Crippen LogP contribution in [0.2, 0.25) is 0 Å². The van der Waals surface area contributed by atoms with E-state index >= 15 is 0 Å². The Labute approximate surface area is 142 Å².